The number of halogens is 3. The van der Waals surface area contributed by atoms with E-state index in [1.807, 2.05) is 0 Å². The largest absolute Gasteiger partial charge is 0.490 e. The maximum absolute atomic E-state index is 13.1. The zero-order valence-corrected chi connectivity index (χ0v) is 15.4. The normalized spacial score (nSPS) is 15.3. The van der Waals surface area contributed by atoms with Crippen LogP contribution in [0.4, 0.5) is 18.9 Å². The molecule has 1 amide bonds. The van der Waals surface area contributed by atoms with Gasteiger partial charge in [-0.1, -0.05) is 6.07 Å². The summed E-state index contributed by atoms with van der Waals surface area (Å²) < 4.78 is 47.9. The van der Waals surface area contributed by atoms with Crippen LogP contribution in [0, 0.1) is 5.82 Å². The number of amides is 1. The van der Waals surface area contributed by atoms with Crippen LogP contribution >= 0.6 is 12.2 Å². The highest BCUT2D eigenvalue weighted by Crippen LogP contribution is 2.31. The summed E-state index contributed by atoms with van der Waals surface area (Å²) in [5, 5.41) is 2.94. The van der Waals surface area contributed by atoms with E-state index < -0.39 is 18.3 Å². The first-order valence-electron chi connectivity index (χ1n) is 8.23. The Labute approximate surface area is 164 Å². The first kappa shape index (κ1) is 19.7. The van der Waals surface area contributed by atoms with Crippen molar-refractivity contribution in [3.05, 3.63) is 59.5 Å². The summed E-state index contributed by atoms with van der Waals surface area (Å²) in [6.45, 7) is -1.03. The first-order valence-corrected chi connectivity index (χ1v) is 8.64. The van der Waals surface area contributed by atoms with Crippen molar-refractivity contribution in [2.75, 3.05) is 11.5 Å². The van der Waals surface area contributed by atoms with Crippen molar-refractivity contribution in [2.45, 2.75) is 13.5 Å². The van der Waals surface area contributed by atoms with E-state index >= 15 is 0 Å². The predicted octanol–water partition coefficient (Wildman–Crippen LogP) is 4.09. The lowest BCUT2D eigenvalue weighted by molar-refractivity contribution is -0.113. The smallest absolute Gasteiger partial charge is 0.387 e. The molecule has 1 aliphatic rings. The summed E-state index contributed by atoms with van der Waals surface area (Å²) in [4.78, 5) is 13.9. The molecule has 5 nitrogen and oxygen atoms in total. The second-order valence-electron chi connectivity index (χ2n) is 5.62. The molecule has 2 aromatic carbocycles. The van der Waals surface area contributed by atoms with Gasteiger partial charge in [0.2, 0.25) is 0 Å². The van der Waals surface area contributed by atoms with Gasteiger partial charge < -0.3 is 14.8 Å². The van der Waals surface area contributed by atoms with Gasteiger partial charge in [0.25, 0.3) is 5.91 Å². The van der Waals surface area contributed by atoms with Crippen LogP contribution in [0.25, 0.3) is 6.08 Å². The van der Waals surface area contributed by atoms with Crippen LogP contribution in [0.1, 0.15) is 12.5 Å². The van der Waals surface area contributed by atoms with Crippen molar-refractivity contribution in [3.8, 4) is 11.5 Å². The summed E-state index contributed by atoms with van der Waals surface area (Å²) in [5.41, 5.74) is 1.12. The third kappa shape index (κ3) is 4.25. The Morgan fingerprint density at radius 3 is 2.54 bits per heavy atom. The molecule has 0 saturated carbocycles. The fourth-order valence-corrected chi connectivity index (χ4v) is 2.90. The number of thiocarbonyl (C=S) groups is 1. The highest BCUT2D eigenvalue weighted by atomic mass is 32.1. The Morgan fingerprint density at radius 1 is 1.18 bits per heavy atom. The molecule has 0 unspecified atom stereocenters. The molecular formula is C19H15F3N2O3S. The topological polar surface area (TPSA) is 50.8 Å². The summed E-state index contributed by atoms with van der Waals surface area (Å²) in [6, 6.07) is 9.64. The van der Waals surface area contributed by atoms with Crippen molar-refractivity contribution in [1.29, 1.82) is 0 Å². The minimum atomic E-state index is -2.98. The Balaban J connectivity index is 1.89. The van der Waals surface area contributed by atoms with Crippen LogP contribution in [-0.4, -0.2) is 24.2 Å². The molecule has 1 N–H and O–H groups in total. The van der Waals surface area contributed by atoms with Crippen LogP contribution in [0.2, 0.25) is 0 Å². The molecule has 1 saturated heterocycles. The second kappa shape index (κ2) is 8.30. The number of hydrogen-bond acceptors (Lipinski definition) is 4. The summed E-state index contributed by atoms with van der Waals surface area (Å²) in [6.07, 6.45) is 1.51. The molecule has 0 aliphatic carbocycles. The molecule has 0 bridgehead atoms. The number of alkyl halides is 2. The average molecular weight is 408 g/mol. The van der Waals surface area contributed by atoms with Gasteiger partial charge >= 0.3 is 6.61 Å². The highest BCUT2D eigenvalue weighted by Gasteiger charge is 2.32. The van der Waals surface area contributed by atoms with Gasteiger partial charge in [-0.15, -0.1) is 0 Å². The number of anilines is 1. The number of carbonyl (C=O) groups excluding carboxylic acids is 1. The van der Waals surface area contributed by atoms with Crippen molar-refractivity contribution in [3.63, 3.8) is 0 Å². The maximum Gasteiger partial charge on any atom is 0.387 e. The third-order valence-electron chi connectivity index (χ3n) is 3.76. The van der Waals surface area contributed by atoms with E-state index in [9.17, 15) is 18.0 Å². The van der Waals surface area contributed by atoms with Gasteiger partial charge in [-0.25, -0.2) is 4.39 Å². The van der Waals surface area contributed by atoms with Gasteiger partial charge in [0.1, 0.15) is 11.5 Å². The standard InChI is InChI=1S/C19H15F3N2O3S/c1-2-26-16-10-11(3-8-15(16)27-18(21)22)9-14-17(25)24(19(28)23-14)13-6-4-12(20)5-7-13/h3-10,18H,2H2,1H3,(H,23,28)/b14-9+. The number of ether oxygens (including phenoxy) is 2. The molecule has 0 atom stereocenters. The lowest BCUT2D eigenvalue weighted by Crippen LogP contribution is -2.30. The molecule has 3 rings (SSSR count). The minimum absolute atomic E-state index is 0.104. The molecule has 146 valence electrons. The molecule has 0 spiro atoms. The molecule has 0 aromatic heterocycles. The Kier molecular flexibility index (Phi) is 5.84. The number of hydrogen-bond donors (Lipinski definition) is 1. The second-order valence-corrected chi connectivity index (χ2v) is 6.01. The van der Waals surface area contributed by atoms with Crippen LogP contribution in [-0.2, 0) is 4.79 Å². The van der Waals surface area contributed by atoms with Gasteiger partial charge in [-0.2, -0.15) is 8.78 Å². The fraction of sp³-hybridized carbons (Fsp3) is 0.158. The Bertz CT molecular complexity index is 933. The number of nitrogens with zero attached hydrogens (tertiary/aromatic N) is 1. The van der Waals surface area contributed by atoms with E-state index in [-0.39, 0.29) is 28.9 Å². The van der Waals surface area contributed by atoms with Gasteiger partial charge in [-0.3, -0.25) is 9.69 Å². The molecule has 9 heteroatoms. The van der Waals surface area contributed by atoms with E-state index in [4.69, 9.17) is 17.0 Å². The predicted molar refractivity (Wildman–Crippen MR) is 102 cm³/mol. The van der Waals surface area contributed by atoms with Gasteiger partial charge in [0.15, 0.2) is 16.6 Å². The lowest BCUT2D eigenvalue weighted by Gasteiger charge is -2.13. The summed E-state index contributed by atoms with van der Waals surface area (Å²) in [7, 11) is 0. The average Bonchev–Trinajstić information content (AvgIpc) is 2.91. The van der Waals surface area contributed by atoms with Crippen LogP contribution < -0.4 is 19.7 Å². The van der Waals surface area contributed by atoms with Crippen molar-refractivity contribution in [1.82, 2.24) is 5.32 Å². The lowest BCUT2D eigenvalue weighted by atomic mass is 10.1. The molecule has 0 radical (unpaired) electrons. The van der Waals surface area contributed by atoms with Crippen molar-refractivity contribution in [2.24, 2.45) is 0 Å². The number of carbonyl (C=O) groups is 1. The van der Waals surface area contributed by atoms with E-state index in [0.717, 1.165) is 0 Å². The monoisotopic (exact) mass is 408 g/mol. The van der Waals surface area contributed by atoms with Gasteiger partial charge in [0.05, 0.1) is 12.3 Å². The van der Waals surface area contributed by atoms with Crippen LogP contribution in [0.5, 0.6) is 11.5 Å². The van der Waals surface area contributed by atoms with E-state index in [0.29, 0.717) is 11.3 Å². The Hall–Kier alpha value is -3.07. The first-order chi connectivity index (χ1) is 13.4. The van der Waals surface area contributed by atoms with E-state index in [1.54, 1.807) is 6.92 Å². The molecule has 1 fully saturated rings. The fourth-order valence-electron chi connectivity index (χ4n) is 2.60. The van der Waals surface area contributed by atoms with Crippen molar-refractivity contribution >= 4 is 35.0 Å². The number of benzene rings is 2. The highest BCUT2D eigenvalue weighted by molar-refractivity contribution is 7.80. The van der Waals surface area contributed by atoms with E-state index in [1.165, 1.54) is 53.4 Å². The zero-order valence-electron chi connectivity index (χ0n) is 14.6. The third-order valence-corrected chi connectivity index (χ3v) is 4.04. The molecule has 1 heterocycles. The number of rotatable bonds is 6. The molecular weight excluding hydrogens is 393 g/mol. The van der Waals surface area contributed by atoms with Gasteiger partial charge in [0, 0.05) is 0 Å². The quantitative estimate of drug-likeness (QED) is 0.577. The van der Waals surface area contributed by atoms with Crippen molar-refractivity contribution < 1.29 is 27.4 Å². The molecule has 28 heavy (non-hydrogen) atoms. The minimum Gasteiger partial charge on any atom is -0.490 e. The van der Waals surface area contributed by atoms with Gasteiger partial charge in [-0.05, 0) is 67.2 Å². The van der Waals surface area contributed by atoms with E-state index in [2.05, 4.69) is 10.1 Å². The molecule has 2 aromatic rings. The summed E-state index contributed by atoms with van der Waals surface area (Å²) >= 11 is 5.19. The zero-order chi connectivity index (χ0) is 20.3. The maximum atomic E-state index is 13.1. The van der Waals surface area contributed by atoms with Crippen LogP contribution in [0.15, 0.2) is 48.2 Å². The summed E-state index contributed by atoms with van der Waals surface area (Å²) in [5.74, 6) is -0.837. The SMILES string of the molecule is CCOc1cc(/C=C2/NC(=S)N(c3ccc(F)cc3)C2=O)ccc1OC(F)F. The van der Waals surface area contributed by atoms with Crippen LogP contribution in [0.3, 0.4) is 0 Å². The Morgan fingerprint density at radius 2 is 1.89 bits per heavy atom. The number of nitrogens with one attached hydrogen (secondary N) is 1. The molecule has 1 aliphatic heterocycles.